The molecule has 1 saturated heterocycles. The Kier molecular flexibility index (Phi) is 7.72. The molecule has 33 heavy (non-hydrogen) atoms. The van der Waals surface area contributed by atoms with Crippen LogP contribution in [0, 0.1) is 11.8 Å². The highest BCUT2D eigenvalue weighted by molar-refractivity contribution is 6.05. The van der Waals surface area contributed by atoms with E-state index in [4.69, 9.17) is 0 Å². The Morgan fingerprint density at radius 3 is 2.18 bits per heavy atom. The van der Waals surface area contributed by atoms with Crippen LogP contribution in [0.5, 0.6) is 0 Å². The fourth-order valence-electron chi connectivity index (χ4n) is 4.48. The standard InChI is InChI=1S/C26H35N3O4/c1-18(23(31)27-26(2,3)4)28(16-14-19-10-6-5-7-11-19)22(30)15-17-29-24(32)20-12-8-9-13-21(20)25(29)33/h5-11,18,20-21H,12-17H2,1-4H3,(H,27,31)/t18-,20-,21+/m0/s1. The molecule has 0 unspecified atom stereocenters. The van der Waals surface area contributed by atoms with Gasteiger partial charge in [-0.25, -0.2) is 0 Å². The number of benzene rings is 1. The molecular weight excluding hydrogens is 418 g/mol. The third kappa shape index (κ3) is 6.09. The number of fused-ring (bicyclic) bond motifs is 1. The molecule has 3 atom stereocenters. The van der Waals surface area contributed by atoms with Crippen LogP contribution in [0.4, 0.5) is 0 Å². The molecule has 1 N–H and O–H groups in total. The molecule has 1 fully saturated rings. The van der Waals surface area contributed by atoms with Gasteiger partial charge in [0.2, 0.25) is 23.6 Å². The van der Waals surface area contributed by atoms with Crippen LogP contribution in [0.2, 0.25) is 0 Å². The lowest BCUT2D eigenvalue weighted by molar-refractivity contribution is -0.143. The topological polar surface area (TPSA) is 86.8 Å². The number of nitrogens with one attached hydrogen (secondary N) is 1. The second-order valence-corrected chi connectivity index (χ2v) is 9.97. The number of likely N-dealkylation sites (tertiary alicyclic amines) is 1. The average Bonchev–Trinajstić information content (AvgIpc) is 3.02. The Balaban J connectivity index is 1.68. The molecule has 3 rings (SSSR count). The van der Waals surface area contributed by atoms with E-state index in [1.807, 2.05) is 63.3 Å². The van der Waals surface area contributed by atoms with E-state index >= 15 is 0 Å². The smallest absolute Gasteiger partial charge is 0.242 e. The van der Waals surface area contributed by atoms with Crippen LogP contribution >= 0.6 is 0 Å². The molecule has 7 nitrogen and oxygen atoms in total. The highest BCUT2D eigenvalue weighted by atomic mass is 16.2. The van der Waals surface area contributed by atoms with Gasteiger partial charge in [0.15, 0.2) is 0 Å². The number of carbonyl (C=O) groups excluding carboxylic acids is 4. The molecule has 1 heterocycles. The van der Waals surface area contributed by atoms with Crippen molar-refractivity contribution in [3.8, 4) is 0 Å². The van der Waals surface area contributed by atoms with Gasteiger partial charge in [-0.1, -0.05) is 42.5 Å². The third-order valence-electron chi connectivity index (χ3n) is 6.30. The highest BCUT2D eigenvalue weighted by Crippen LogP contribution is 2.35. The summed E-state index contributed by atoms with van der Waals surface area (Å²) in [4.78, 5) is 54.3. The van der Waals surface area contributed by atoms with Crippen LogP contribution in [0.15, 0.2) is 42.5 Å². The fourth-order valence-corrected chi connectivity index (χ4v) is 4.48. The first-order chi connectivity index (χ1) is 15.6. The van der Waals surface area contributed by atoms with Gasteiger partial charge in [0.1, 0.15) is 6.04 Å². The number of nitrogens with zero attached hydrogens (tertiary/aromatic N) is 2. The second kappa shape index (κ2) is 10.3. The number of amides is 4. The molecule has 7 heteroatoms. The van der Waals surface area contributed by atoms with Gasteiger partial charge in [-0.2, -0.15) is 0 Å². The minimum absolute atomic E-state index is 0.00623. The van der Waals surface area contributed by atoms with Crippen molar-refractivity contribution in [3.63, 3.8) is 0 Å². The Morgan fingerprint density at radius 1 is 1.06 bits per heavy atom. The van der Waals surface area contributed by atoms with E-state index in [9.17, 15) is 19.2 Å². The molecule has 1 aliphatic heterocycles. The van der Waals surface area contributed by atoms with Gasteiger partial charge in [0.05, 0.1) is 11.8 Å². The van der Waals surface area contributed by atoms with Crippen LogP contribution in [0.1, 0.15) is 52.5 Å². The molecule has 1 aromatic carbocycles. The number of hydrogen-bond donors (Lipinski definition) is 1. The summed E-state index contributed by atoms with van der Waals surface area (Å²) in [5.41, 5.74) is 0.651. The van der Waals surface area contributed by atoms with Crippen molar-refractivity contribution < 1.29 is 19.2 Å². The molecule has 0 radical (unpaired) electrons. The van der Waals surface area contributed by atoms with E-state index in [2.05, 4.69) is 5.32 Å². The first kappa shape index (κ1) is 24.7. The monoisotopic (exact) mass is 453 g/mol. The van der Waals surface area contributed by atoms with Gasteiger partial charge >= 0.3 is 0 Å². The number of imide groups is 1. The van der Waals surface area contributed by atoms with E-state index in [-0.39, 0.29) is 48.4 Å². The van der Waals surface area contributed by atoms with Crippen LogP contribution in [-0.2, 0) is 25.6 Å². The summed E-state index contributed by atoms with van der Waals surface area (Å²) < 4.78 is 0. The maximum absolute atomic E-state index is 13.2. The first-order valence-corrected chi connectivity index (χ1v) is 11.7. The van der Waals surface area contributed by atoms with Crippen molar-refractivity contribution in [2.24, 2.45) is 11.8 Å². The Morgan fingerprint density at radius 2 is 1.64 bits per heavy atom. The summed E-state index contributed by atoms with van der Waals surface area (Å²) in [6, 6.07) is 9.12. The summed E-state index contributed by atoms with van der Waals surface area (Å²) in [6.45, 7) is 7.83. The molecular formula is C26H35N3O4. The Hall–Kier alpha value is -2.96. The Labute approximate surface area is 196 Å². The van der Waals surface area contributed by atoms with Crippen molar-refractivity contribution in [1.29, 1.82) is 0 Å². The minimum Gasteiger partial charge on any atom is -0.350 e. The normalized spacial score (nSPS) is 21.0. The average molecular weight is 454 g/mol. The molecule has 2 aliphatic rings. The van der Waals surface area contributed by atoms with E-state index in [0.29, 0.717) is 25.8 Å². The van der Waals surface area contributed by atoms with Gasteiger partial charge in [0, 0.05) is 25.0 Å². The van der Waals surface area contributed by atoms with Crippen molar-refractivity contribution in [3.05, 3.63) is 48.0 Å². The first-order valence-electron chi connectivity index (χ1n) is 11.7. The largest absolute Gasteiger partial charge is 0.350 e. The van der Waals surface area contributed by atoms with E-state index in [0.717, 1.165) is 5.56 Å². The predicted octanol–water partition coefficient (Wildman–Crippen LogP) is 2.70. The van der Waals surface area contributed by atoms with Gasteiger partial charge in [-0.15, -0.1) is 0 Å². The minimum atomic E-state index is -0.669. The quantitative estimate of drug-likeness (QED) is 0.484. The van der Waals surface area contributed by atoms with Crippen molar-refractivity contribution >= 4 is 23.6 Å². The number of carbonyl (C=O) groups is 4. The zero-order valence-electron chi connectivity index (χ0n) is 20.0. The van der Waals surface area contributed by atoms with Gasteiger partial charge in [-0.3, -0.25) is 24.1 Å². The zero-order chi connectivity index (χ0) is 24.2. The third-order valence-corrected chi connectivity index (χ3v) is 6.30. The molecule has 0 saturated carbocycles. The highest BCUT2D eigenvalue weighted by Gasteiger charge is 2.47. The Bertz CT molecular complexity index is 893. The number of hydrogen-bond acceptors (Lipinski definition) is 4. The second-order valence-electron chi connectivity index (χ2n) is 9.97. The summed E-state index contributed by atoms with van der Waals surface area (Å²) >= 11 is 0. The molecule has 0 bridgehead atoms. The van der Waals surface area contributed by atoms with E-state index in [1.165, 1.54) is 4.90 Å². The van der Waals surface area contributed by atoms with E-state index < -0.39 is 11.6 Å². The number of rotatable bonds is 8. The van der Waals surface area contributed by atoms with Crippen LogP contribution in [-0.4, -0.2) is 58.1 Å². The van der Waals surface area contributed by atoms with Crippen molar-refractivity contribution in [2.45, 2.75) is 65.0 Å². The lowest BCUT2D eigenvalue weighted by Gasteiger charge is -2.32. The molecule has 0 spiro atoms. The van der Waals surface area contributed by atoms with Crippen LogP contribution < -0.4 is 5.32 Å². The maximum atomic E-state index is 13.2. The molecule has 0 aromatic heterocycles. The molecule has 1 aromatic rings. The lowest BCUT2D eigenvalue weighted by Crippen LogP contribution is -2.53. The molecule has 1 aliphatic carbocycles. The van der Waals surface area contributed by atoms with Gasteiger partial charge < -0.3 is 10.2 Å². The summed E-state index contributed by atoms with van der Waals surface area (Å²) in [5.74, 6) is -1.44. The van der Waals surface area contributed by atoms with Crippen LogP contribution in [0.25, 0.3) is 0 Å². The number of allylic oxidation sites excluding steroid dienone is 2. The molecule has 4 amide bonds. The lowest BCUT2D eigenvalue weighted by atomic mass is 9.85. The summed E-state index contributed by atoms with van der Waals surface area (Å²) in [6.07, 6.45) is 5.66. The fraction of sp³-hybridized carbons (Fsp3) is 0.538. The maximum Gasteiger partial charge on any atom is 0.242 e. The SMILES string of the molecule is C[C@@H](C(=O)NC(C)(C)C)N(CCc1ccccc1)C(=O)CCN1C(=O)[C@H]2CC=CC[C@H]2C1=O. The molecule has 178 valence electrons. The van der Waals surface area contributed by atoms with Crippen LogP contribution in [0.3, 0.4) is 0 Å². The van der Waals surface area contributed by atoms with Gasteiger partial charge in [0.25, 0.3) is 0 Å². The van der Waals surface area contributed by atoms with E-state index in [1.54, 1.807) is 11.8 Å². The van der Waals surface area contributed by atoms with Crippen molar-refractivity contribution in [1.82, 2.24) is 15.1 Å². The zero-order valence-corrected chi connectivity index (χ0v) is 20.0. The summed E-state index contributed by atoms with van der Waals surface area (Å²) in [7, 11) is 0. The predicted molar refractivity (Wildman–Crippen MR) is 126 cm³/mol. The van der Waals surface area contributed by atoms with Crippen molar-refractivity contribution in [2.75, 3.05) is 13.1 Å². The van der Waals surface area contributed by atoms with Gasteiger partial charge in [-0.05, 0) is 52.5 Å². The summed E-state index contributed by atoms with van der Waals surface area (Å²) in [5, 5.41) is 2.94.